The predicted octanol–water partition coefficient (Wildman–Crippen LogP) is 0.862. The van der Waals surface area contributed by atoms with E-state index in [0.29, 0.717) is 6.54 Å². The van der Waals surface area contributed by atoms with Gasteiger partial charge in [-0.1, -0.05) is 6.08 Å². The average molecular weight is 240 g/mol. The number of nitrogens with one attached hydrogen (secondary N) is 3. The van der Waals surface area contributed by atoms with Crippen LogP contribution in [0.3, 0.4) is 0 Å². The van der Waals surface area contributed by atoms with Gasteiger partial charge in [0.25, 0.3) is 0 Å². The molecule has 1 atom stereocenters. The maximum absolute atomic E-state index is 11.5. The number of alkyl carbamates (subject to hydrolysis) is 1. The summed E-state index contributed by atoms with van der Waals surface area (Å²) in [5, 5.41) is 4.52. The van der Waals surface area contributed by atoms with E-state index < -0.39 is 11.7 Å². The van der Waals surface area contributed by atoms with Crippen molar-refractivity contribution in [2.24, 2.45) is 0 Å². The normalized spacial score (nSPS) is 16.3. The Hall–Kier alpha value is -1.69. The van der Waals surface area contributed by atoms with E-state index >= 15 is 0 Å². The minimum Gasteiger partial charge on any atom is -0.444 e. The first-order valence-corrected chi connectivity index (χ1v) is 5.47. The van der Waals surface area contributed by atoms with Crippen LogP contribution in [0.25, 0.3) is 0 Å². The van der Waals surface area contributed by atoms with Crippen molar-refractivity contribution < 1.29 is 9.53 Å². The minimum absolute atomic E-state index is 0.193. The van der Waals surface area contributed by atoms with Crippen molar-refractivity contribution in [3.05, 3.63) is 25.1 Å². The summed E-state index contributed by atoms with van der Waals surface area (Å²) >= 11 is 0. The van der Waals surface area contributed by atoms with Crippen molar-refractivity contribution in [3.63, 3.8) is 0 Å². The molecule has 1 rings (SSSR count). The van der Waals surface area contributed by atoms with Crippen LogP contribution in [0.4, 0.5) is 4.79 Å². The monoisotopic (exact) mass is 240 g/mol. The van der Waals surface area contributed by atoms with E-state index in [9.17, 15) is 4.79 Å². The molecule has 0 aromatic carbocycles. The molecule has 0 radical (unpaired) electrons. The van der Waals surface area contributed by atoms with Crippen LogP contribution < -0.4 is 16.3 Å². The smallest absolute Gasteiger partial charge is 0.408 e. The number of amides is 1. The maximum atomic E-state index is 11.5. The highest BCUT2D eigenvalue weighted by Crippen LogP contribution is 2.07. The second-order valence-corrected chi connectivity index (χ2v) is 4.71. The van der Waals surface area contributed by atoms with E-state index in [1.165, 1.54) is 0 Å². The van der Waals surface area contributed by atoms with Gasteiger partial charge in [0.05, 0.1) is 12.6 Å². The summed E-state index contributed by atoms with van der Waals surface area (Å²) < 4.78 is 5.16. The number of carbonyl (C=O) groups excluding carboxylic acids is 1. The third kappa shape index (κ3) is 5.26. The fraction of sp³-hybridized carbons (Fsp3) is 0.545. The second-order valence-electron chi connectivity index (χ2n) is 4.71. The molecule has 1 heterocycles. The van der Waals surface area contributed by atoms with Crippen molar-refractivity contribution in [1.82, 2.24) is 21.3 Å². The van der Waals surface area contributed by atoms with Crippen LogP contribution >= 0.6 is 0 Å². The van der Waals surface area contributed by atoms with Gasteiger partial charge in [-0.3, -0.25) is 5.01 Å². The van der Waals surface area contributed by atoms with Gasteiger partial charge >= 0.3 is 6.09 Å². The fourth-order valence-electron chi connectivity index (χ4n) is 1.24. The molecule has 0 spiro atoms. The Kier molecular flexibility index (Phi) is 4.39. The Balaban J connectivity index is 2.38. The Morgan fingerprint density at radius 2 is 2.35 bits per heavy atom. The minimum atomic E-state index is -0.497. The Morgan fingerprint density at radius 1 is 1.65 bits per heavy atom. The Labute approximate surface area is 102 Å². The van der Waals surface area contributed by atoms with Crippen LogP contribution in [0.2, 0.25) is 0 Å². The van der Waals surface area contributed by atoms with Gasteiger partial charge in [0.1, 0.15) is 5.60 Å². The highest BCUT2D eigenvalue weighted by Gasteiger charge is 2.19. The molecule has 0 saturated carbocycles. The van der Waals surface area contributed by atoms with Crippen molar-refractivity contribution >= 4 is 6.09 Å². The topological polar surface area (TPSA) is 65.6 Å². The molecule has 0 fully saturated rings. The zero-order chi connectivity index (χ0) is 12.9. The van der Waals surface area contributed by atoms with E-state index in [1.54, 1.807) is 17.3 Å². The molecule has 1 aliphatic rings. The molecule has 0 aromatic rings. The van der Waals surface area contributed by atoms with Gasteiger partial charge in [-0.2, -0.15) is 0 Å². The number of nitrogens with zero attached hydrogens (tertiary/aromatic N) is 1. The molecule has 96 valence electrons. The summed E-state index contributed by atoms with van der Waals surface area (Å²) in [6, 6.07) is -0.193. The molecule has 6 nitrogen and oxygen atoms in total. The summed E-state index contributed by atoms with van der Waals surface area (Å²) in [5.41, 5.74) is 5.19. The molecule has 1 aliphatic heterocycles. The third-order valence-electron chi connectivity index (χ3n) is 1.93. The van der Waals surface area contributed by atoms with E-state index in [4.69, 9.17) is 4.74 Å². The number of hydrogen-bond acceptors (Lipinski definition) is 5. The number of hydrazine groups is 2. The molecule has 0 saturated heterocycles. The average Bonchev–Trinajstić information content (AvgIpc) is 2.66. The van der Waals surface area contributed by atoms with Crippen LogP contribution in [0.5, 0.6) is 0 Å². The molecular formula is C11H20N4O2. The van der Waals surface area contributed by atoms with Crippen LogP contribution in [-0.4, -0.2) is 29.3 Å². The van der Waals surface area contributed by atoms with Gasteiger partial charge in [0.15, 0.2) is 0 Å². The van der Waals surface area contributed by atoms with Crippen LogP contribution in [-0.2, 0) is 4.74 Å². The second kappa shape index (κ2) is 5.58. The van der Waals surface area contributed by atoms with Gasteiger partial charge in [0, 0.05) is 12.4 Å². The lowest BCUT2D eigenvalue weighted by Crippen LogP contribution is -2.47. The van der Waals surface area contributed by atoms with E-state index in [2.05, 4.69) is 22.9 Å². The highest BCUT2D eigenvalue weighted by molar-refractivity contribution is 5.68. The van der Waals surface area contributed by atoms with Crippen molar-refractivity contribution in [2.45, 2.75) is 32.4 Å². The summed E-state index contributed by atoms with van der Waals surface area (Å²) in [4.78, 5) is 11.5. The standard InChI is InChI=1S/C11H20N4O2/c1-5-9(8-15-7-6-12-14-15)13-10(16)17-11(2,3)4/h5-7,9,12,14H,1,8H2,2-4H3,(H,13,16)/t9-/m0/s1. The third-order valence-corrected chi connectivity index (χ3v) is 1.93. The summed E-state index contributed by atoms with van der Waals surface area (Å²) in [6.45, 7) is 9.72. The Morgan fingerprint density at radius 3 is 2.82 bits per heavy atom. The van der Waals surface area contributed by atoms with E-state index in [1.807, 2.05) is 27.0 Å². The van der Waals surface area contributed by atoms with Crippen LogP contribution in [0.15, 0.2) is 25.1 Å². The fourth-order valence-corrected chi connectivity index (χ4v) is 1.24. The predicted molar refractivity (Wildman–Crippen MR) is 65.5 cm³/mol. The van der Waals surface area contributed by atoms with E-state index in [0.717, 1.165) is 0 Å². The SMILES string of the molecule is C=C[C@@H](CN1C=CNN1)NC(=O)OC(C)(C)C. The number of hydrogen-bond donors (Lipinski definition) is 3. The molecule has 1 amide bonds. The summed E-state index contributed by atoms with van der Waals surface area (Å²) in [7, 11) is 0. The molecule has 0 aliphatic carbocycles. The molecule has 0 unspecified atom stereocenters. The first-order valence-electron chi connectivity index (χ1n) is 5.47. The molecule has 0 aromatic heterocycles. The molecule has 17 heavy (non-hydrogen) atoms. The molecule has 3 N–H and O–H groups in total. The van der Waals surface area contributed by atoms with E-state index in [-0.39, 0.29) is 6.04 Å². The number of carbonyl (C=O) groups is 1. The maximum Gasteiger partial charge on any atom is 0.408 e. The van der Waals surface area contributed by atoms with Gasteiger partial charge in [-0.05, 0) is 20.8 Å². The molecule has 6 heteroatoms. The van der Waals surface area contributed by atoms with Gasteiger partial charge in [0.2, 0.25) is 0 Å². The Bertz CT molecular complexity index is 309. The number of ether oxygens (including phenoxy) is 1. The summed E-state index contributed by atoms with van der Waals surface area (Å²) in [6.07, 6.45) is 4.80. The van der Waals surface area contributed by atoms with Gasteiger partial charge < -0.3 is 15.5 Å². The quantitative estimate of drug-likeness (QED) is 0.636. The largest absolute Gasteiger partial charge is 0.444 e. The van der Waals surface area contributed by atoms with Gasteiger partial charge in [-0.15, -0.1) is 12.1 Å². The van der Waals surface area contributed by atoms with Crippen LogP contribution in [0, 0.1) is 0 Å². The first-order chi connectivity index (χ1) is 7.90. The molecular weight excluding hydrogens is 220 g/mol. The highest BCUT2D eigenvalue weighted by atomic mass is 16.6. The van der Waals surface area contributed by atoms with Crippen LogP contribution in [0.1, 0.15) is 20.8 Å². The van der Waals surface area contributed by atoms with Gasteiger partial charge in [-0.25, -0.2) is 4.79 Å². The zero-order valence-electron chi connectivity index (χ0n) is 10.5. The lowest BCUT2D eigenvalue weighted by atomic mass is 10.2. The lowest BCUT2D eigenvalue weighted by Gasteiger charge is -2.24. The van der Waals surface area contributed by atoms with Crippen molar-refractivity contribution in [1.29, 1.82) is 0 Å². The van der Waals surface area contributed by atoms with Crippen molar-refractivity contribution in [2.75, 3.05) is 6.54 Å². The summed E-state index contributed by atoms with van der Waals surface area (Å²) in [5.74, 6) is 0. The lowest BCUT2D eigenvalue weighted by molar-refractivity contribution is 0.0505. The van der Waals surface area contributed by atoms with Crippen molar-refractivity contribution in [3.8, 4) is 0 Å². The number of rotatable bonds is 4. The first kappa shape index (κ1) is 13.4. The zero-order valence-corrected chi connectivity index (χ0v) is 10.5. The molecule has 0 bridgehead atoms.